The Kier molecular flexibility index (Phi) is 5.13. The lowest BCUT2D eigenvalue weighted by Crippen LogP contribution is -2.30. The molecule has 1 aliphatic heterocycles. The molecule has 3 rings (SSSR count). The molecule has 0 atom stereocenters. The molecule has 130 valence electrons. The number of aromatic nitrogens is 1. The van der Waals surface area contributed by atoms with Crippen LogP contribution in [-0.2, 0) is 6.54 Å². The van der Waals surface area contributed by atoms with Crippen LogP contribution in [0.15, 0.2) is 42.6 Å². The first-order valence-corrected chi connectivity index (χ1v) is 8.31. The number of carbonyl (C=O) groups is 1. The van der Waals surface area contributed by atoms with Crippen molar-refractivity contribution in [1.29, 1.82) is 5.41 Å². The molecule has 0 saturated carbocycles. The summed E-state index contributed by atoms with van der Waals surface area (Å²) in [6.45, 7) is 2.18. The number of nitrogens with one attached hydrogen (secondary N) is 3. The van der Waals surface area contributed by atoms with Crippen LogP contribution in [0.4, 0.5) is 16.3 Å². The van der Waals surface area contributed by atoms with Crippen LogP contribution in [0.5, 0.6) is 0 Å². The molecule has 1 aromatic heterocycles. The fraction of sp³-hybridized carbons (Fsp3) is 0.278. The van der Waals surface area contributed by atoms with Crippen LogP contribution in [-0.4, -0.2) is 34.8 Å². The number of amides is 2. The van der Waals surface area contributed by atoms with Crippen molar-refractivity contribution in [3.8, 4) is 0 Å². The highest BCUT2D eigenvalue weighted by Gasteiger charge is 2.18. The lowest BCUT2D eigenvalue weighted by atomic mass is 10.2. The fourth-order valence-electron chi connectivity index (χ4n) is 2.79. The number of rotatable bonds is 4. The maximum absolute atomic E-state index is 12.0. The number of nitrogens with two attached hydrogens (primary N) is 1. The first-order valence-electron chi connectivity index (χ1n) is 8.31. The number of amidine groups is 1. The highest BCUT2D eigenvalue weighted by atomic mass is 16.2. The van der Waals surface area contributed by atoms with Crippen molar-refractivity contribution in [1.82, 2.24) is 15.2 Å². The van der Waals surface area contributed by atoms with Gasteiger partial charge in [0.2, 0.25) is 0 Å². The average Bonchev–Trinajstić information content (AvgIpc) is 3.15. The molecule has 7 nitrogen and oxygen atoms in total. The second kappa shape index (κ2) is 7.65. The molecule has 1 aliphatic rings. The Morgan fingerprint density at radius 1 is 1.24 bits per heavy atom. The molecule has 1 saturated heterocycles. The van der Waals surface area contributed by atoms with Gasteiger partial charge in [-0.15, -0.1) is 0 Å². The van der Waals surface area contributed by atoms with Gasteiger partial charge in [0.15, 0.2) is 0 Å². The number of benzene rings is 1. The van der Waals surface area contributed by atoms with Gasteiger partial charge in [-0.25, -0.2) is 9.78 Å². The van der Waals surface area contributed by atoms with Gasteiger partial charge in [0.1, 0.15) is 11.7 Å². The number of pyridine rings is 1. The summed E-state index contributed by atoms with van der Waals surface area (Å²) in [5.74, 6) is 0.753. The zero-order chi connectivity index (χ0) is 17.6. The normalized spacial score (nSPS) is 13.5. The molecule has 0 spiro atoms. The zero-order valence-corrected chi connectivity index (χ0v) is 14.0. The van der Waals surface area contributed by atoms with Gasteiger partial charge >= 0.3 is 6.03 Å². The molecule has 2 heterocycles. The third-order valence-electron chi connectivity index (χ3n) is 4.15. The van der Waals surface area contributed by atoms with Crippen molar-refractivity contribution in [2.45, 2.75) is 19.4 Å². The minimum absolute atomic E-state index is 0.349. The van der Waals surface area contributed by atoms with Gasteiger partial charge in [-0.3, -0.25) is 10.7 Å². The monoisotopic (exact) mass is 338 g/mol. The van der Waals surface area contributed by atoms with Crippen LogP contribution in [0.2, 0.25) is 0 Å². The Bertz CT molecular complexity index is 755. The topological polar surface area (TPSA) is 107 Å². The molecule has 1 aromatic carbocycles. The predicted molar refractivity (Wildman–Crippen MR) is 98.6 cm³/mol. The van der Waals surface area contributed by atoms with Gasteiger partial charge in [-0.05, 0) is 18.4 Å². The smallest absolute Gasteiger partial charge is 0.320 e. The lowest BCUT2D eigenvalue weighted by Gasteiger charge is -2.19. The first-order chi connectivity index (χ1) is 12.1. The lowest BCUT2D eigenvalue weighted by molar-refractivity contribution is 0.251. The maximum atomic E-state index is 12.0. The summed E-state index contributed by atoms with van der Waals surface area (Å²) in [5.41, 5.74) is 8.09. The van der Waals surface area contributed by atoms with E-state index in [0.29, 0.717) is 29.4 Å². The predicted octanol–water partition coefficient (Wildman–Crippen LogP) is 2.41. The summed E-state index contributed by atoms with van der Waals surface area (Å²) >= 11 is 0. The molecule has 2 amide bonds. The standard InChI is InChI=1S/C18H22N6O/c19-15-10-16(21-12-14(15)17(20)24-8-4-5-9-24)23-18(25)22-11-13-6-2-1-3-7-13/h1-3,6-7,10,12,20H,4-5,8-9,11H2,(H4,19,21,22,23,25). The quantitative estimate of drug-likeness (QED) is 0.507. The Morgan fingerprint density at radius 2 is 1.96 bits per heavy atom. The van der Waals surface area contributed by atoms with E-state index in [1.54, 1.807) is 12.3 Å². The highest BCUT2D eigenvalue weighted by Crippen LogP contribution is 2.19. The van der Waals surface area contributed by atoms with Gasteiger partial charge in [-0.1, -0.05) is 30.3 Å². The Labute approximate surface area is 146 Å². The van der Waals surface area contributed by atoms with Crippen LogP contribution in [0.25, 0.3) is 0 Å². The molecule has 5 N–H and O–H groups in total. The molecule has 0 unspecified atom stereocenters. The molecule has 0 aliphatic carbocycles. The van der Waals surface area contributed by atoms with E-state index in [0.717, 1.165) is 31.5 Å². The van der Waals surface area contributed by atoms with Crippen molar-refractivity contribution < 1.29 is 4.79 Å². The number of urea groups is 1. The van der Waals surface area contributed by atoms with Crippen LogP contribution >= 0.6 is 0 Å². The van der Waals surface area contributed by atoms with E-state index >= 15 is 0 Å². The molecule has 1 fully saturated rings. The second-order valence-corrected chi connectivity index (χ2v) is 5.99. The number of hydrogen-bond donors (Lipinski definition) is 4. The van der Waals surface area contributed by atoms with Crippen LogP contribution in [0.3, 0.4) is 0 Å². The average molecular weight is 338 g/mol. The molecular formula is C18H22N6O. The van der Waals surface area contributed by atoms with Crippen molar-refractivity contribution >= 4 is 23.4 Å². The number of likely N-dealkylation sites (tertiary alicyclic amines) is 1. The van der Waals surface area contributed by atoms with Gasteiger partial charge in [0.05, 0.1) is 5.56 Å². The minimum Gasteiger partial charge on any atom is -0.398 e. The molecular weight excluding hydrogens is 316 g/mol. The van der Waals surface area contributed by atoms with E-state index in [-0.39, 0.29) is 6.03 Å². The van der Waals surface area contributed by atoms with Crippen molar-refractivity contribution in [2.24, 2.45) is 0 Å². The van der Waals surface area contributed by atoms with E-state index < -0.39 is 0 Å². The van der Waals surface area contributed by atoms with Gasteiger partial charge < -0.3 is 16.0 Å². The molecule has 25 heavy (non-hydrogen) atoms. The van der Waals surface area contributed by atoms with E-state index in [2.05, 4.69) is 15.6 Å². The summed E-state index contributed by atoms with van der Waals surface area (Å²) in [4.78, 5) is 18.2. The van der Waals surface area contributed by atoms with Crippen molar-refractivity contribution in [2.75, 3.05) is 24.1 Å². The summed E-state index contributed by atoms with van der Waals surface area (Å²) in [5, 5.41) is 13.7. The number of hydrogen-bond acceptors (Lipinski definition) is 4. The second-order valence-electron chi connectivity index (χ2n) is 5.99. The van der Waals surface area contributed by atoms with Crippen LogP contribution < -0.4 is 16.4 Å². The van der Waals surface area contributed by atoms with E-state index in [1.165, 1.54) is 0 Å². The van der Waals surface area contributed by atoms with Crippen LogP contribution in [0.1, 0.15) is 24.0 Å². The number of carbonyl (C=O) groups excluding carboxylic acids is 1. The highest BCUT2D eigenvalue weighted by molar-refractivity contribution is 6.01. The third kappa shape index (κ3) is 4.26. The molecule has 2 aromatic rings. The number of nitrogen functional groups attached to an aromatic ring is 1. The fourth-order valence-corrected chi connectivity index (χ4v) is 2.79. The number of anilines is 2. The summed E-state index contributed by atoms with van der Waals surface area (Å²) < 4.78 is 0. The van der Waals surface area contributed by atoms with Gasteiger partial charge in [0.25, 0.3) is 0 Å². The first kappa shape index (κ1) is 16.8. The molecule has 7 heteroatoms. The zero-order valence-electron chi connectivity index (χ0n) is 14.0. The van der Waals surface area contributed by atoms with Crippen molar-refractivity contribution in [3.63, 3.8) is 0 Å². The minimum atomic E-state index is -0.349. The summed E-state index contributed by atoms with van der Waals surface area (Å²) in [6, 6.07) is 10.9. The van der Waals surface area contributed by atoms with E-state index in [9.17, 15) is 4.79 Å². The Balaban J connectivity index is 1.58. The maximum Gasteiger partial charge on any atom is 0.320 e. The SMILES string of the molecule is N=C(c1cnc(NC(=O)NCc2ccccc2)cc1N)N1CCCC1. The Hall–Kier alpha value is -3.09. The van der Waals surface area contributed by atoms with Crippen LogP contribution in [0, 0.1) is 5.41 Å². The van der Waals surface area contributed by atoms with E-state index in [4.69, 9.17) is 11.1 Å². The van der Waals surface area contributed by atoms with E-state index in [1.807, 2.05) is 35.2 Å². The largest absolute Gasteiger partial charge is 0.398 e. The third-order valence-corrected chi connectivity index (χ3v) is 4.15. The summed E-state index contributed by atoms with van der Waals surface area (Å²) in [6.07, 6.45) is 3.73. The van der Waals surface area contributed by atoms with Gasteiger partial charge in [0, 0.05) is 37.6 Å². The summed E-state index contributed by atoms with van der Waals surface area (Å²) in [7, 11) is 0. The van der Waals surface area contributed by atoms with Gasteiger partial charge in [-0.2, -0.15) is 0 Å². The molecule has 0 bridgehead atoms. The Morgan fingerprint density at radius 3 is 2.64 bits per heavy atom. The van der Waals surface area contributed by atoms with Crippen molar-refractivity contribution in [3.05, 3.63) is 53.7 Å². The molecule has 0 radical (unpaired) electrons. The number of nitrogens with zero attached hydrogens (tertiary/aromatic N) is 2.